The van der Waals surface area contributed by atoms with Crippen molar-refractivity contribution in [3.63, 3.8) is 0 Å². The standard InChI is InChI=1S/C15H18IN3O/c1-10-14(9-17-12-6-7-12)15(19(2)18-10)20-13-5-3-4-11(16)8-13/h3-5,8,12,17H,6-7,9H2,1-2H3. The molecule has 1 N–H and O–H groups in total. The minimum Gasteiger partial charge on any atom is -0.439 e. The molecule has 5 heteroatoms. The third-order valence-electron chi connectivity index (χ3n) is 3.44. The van der Waals surface area contributed by atoms with Crippen LogP contribution in [-0.4, -0.2) is 15.8 Å². The minimum atomic E-state index is 0.681. The molecule has 1 fully saturated rings. The molecule has 0 amide bonds. The number of hydrogen-bond donors (Lipinski definition) is 1. The number of aryl methyl sites for hydroxylation is 2. The molecule has 106 valence electrons. The Morgan fingerprint density at radius 2 is 2.25 bits per heavy atom. The summed E-state index contributed by atoms with van der Waals surface area (Å²) in [6.45, 7) is 2.86. The van der Waals surface area contributed by atoms with E-state index < -0.39 is 0 Å². The van der Waals surface area contributed by atoms with Gasteiger partial charge in [-0.3, -0.25) is 0 Å². The first kappa shape index (κ1) is 13.9. The summed E-state index contributed by atoms with van der Waals surface area (Å²) < 4.78 is 9.03. The molecule has 1 heterocycles. The second kappa shape index (κ2) is 5.73. The van der Waals surface area contributed by atoms with Crippen LogP contribution < -0.4 is 10.1 Å². The van der Waals surface area contributed by atoms with Crippen LogP contribution in [0.5, 0.6) is 11.6 Å². The van der Waals surface area contributed by atoms with E-state index >= 15 is 0 Å². The summed E-state index contributed by atoms with van der Waals surface area (Å²) in [5.74, 6) is 1.69. The van der Waals surface area contributed by atoms with Crippen LogP contribution in [0.25, 0.3) is 0 Å². The van der Waals surface area contributed by atoms with Crippen LogP contribution in [0.4, 0.5) is 0 Å². The van der Waals surface area contributed by atoms with Gasteiger partial charge in [0.1, 0.15) is 5.75 Å². The lowest BCUT2D eigenvalue weighted by atomic mass is 10.2. The number of benzene rings is 1. The molecule has 1 aliphatic rings. The Morgan fingerprint density at radius 3 is 2.95 bits per heavy atom. The normalized spacial score (nSPS) is 14.6. The van der Waals surface area contributed by atoms with E-state index in [0.29, 0.717) is 6.04 Å². The van der Waals surface area contributed by atoms with Gasteiger partial charge in [-0.2, -0.15) is 5.10 Å². The lowest BCUT2D eigenvalue weighted by Gasteiger charge is -2.09. The Hall–Kier alpha value is -1.08. The molecule has 0 atom stereocenters. The van der Waals surface area contributed by atoms with Crippen molar-refractivity contribution in [1.82, 2.24) is 15.1 Å². The fourth-order valence-corrected chi connectivity index (χ4v) is 2.70. The molecule has 0 unspecified atom stereocenters. The van der Waals surface area contributed by atoms with Crippen molar-refractivity contribution >= 4 is 22.6 Å². The van der Waals surface area contributed by atoms with Gasteiger partial charge in [-0.25, -0.2) is 4.68 Å². The van der Waals surface area contributed by atoms with Crippen molar-refractivity contribution in [3.05, 3.63) is 39.1 Å². The molecule has 20 heavy (non-hydrogen) atoms. The lowest BCUT2D eigenvalue weighted by Crippen LogP contribution is -2.16. The molecule has 1 aliphatic carbocycles. The zero-order chi connectivity index (χ0) is 14.1. The van der Waals surface area contributed by atoms with Gasteiger partial charge in [-0.1, -0.05) is 6.07 Å². The maximum absolute atomic E-state index is 6.05. The van der Waals surface area contributed by atoms with Gasteiger partial charge in [0, 0.05) is 23.2 Å². The number of aromatic nitrogens is 2. The van der Waals surface area contributed by atoms with E-state index in [2.05, 4.69) is 39.1 Å². The number of hydrogen-bond acceptors (Lipinski definition) is 3. The molecule has 0 radical (unpaired) electrons. The Balaban J connectivity index is 1.83. The van der Waals surface area contributed by atoms with Crippen molar-refractivity contribution < 1.29 is 4.74 Å². The maximum Gasteiger partial charge on any atom is 0.222 e. The summed E-state index contributed by atoms with van der Waals surface area (Å²) in [4.78, 5) is 0. The Bertz CT molecular complexity index is 620. The van der Waals surface area contributed by atoms with Gasteiger partial charge >= 0.3 is 0 Å². The quantitative estimate of drug-likeness (QED) is 0.805. The van der Waals surface area contributed by atoms with Crippen LogP contribution in [0.2, 0.25) is 0 Å². The zero-order valence-corrected chi connectivity index (χ0v) is 13.8. The average Bonchev–Trinajstić information content (AvgIpc) is 3.17. The summed E-state index contributed by atoms with van der Waals surface area (Å²) in [5.41, 5.74) is 2.18. The van der Waals surface area contributed by atoms with Crippen LogP contribution in [0.15, 0.2) is 24.3 Å². The molecule has 1 aromatic heterocycles. The number of rotatable bonds is 5. The number of halogens is 1. The van der Waals surface area contributed by atoms with E-state index in [1.165, 1.54) is 12.8 Å². The van der Waals surface area contributed by atoms with Gasteiger partial charge in [-0.05, 0) is 60.6 Å². The first-order valence-electron chi connectivity index (χ1n) is 6.83. The van der Waals surface area contributed by atoms with Gasteiger partial charge in [-0.15, -0.1) is 0 Å². The molecule has 1 aromatic carbocycles. The average molecular weight is 383 g/mol. The second-order valence-corrected chi connectivity index (χ2v) is 6.45. The molecule has 2 aromatic rings. The minimum absolute atomic E-state index is 0.681. The van der Waals surface area contributed by atoms with Crippen LogP contribution in [0.1, 0.15) is 24.1 Å². The predicted octanol–water partition coefficient (Wildman–Crippen LogP) is 3.38. The predicted molar refractivity (Wildman–Crippen MR) is 87.0 cm³/mol. The molecule has 0 aliphatic heterocycles. The SMILES string of the molecule is Cc1nn(C)c(Oc2cccc(I)c2)c1CNC1CC1. The van der Waals surface area contributed by atoms with E-state index in [-0.39, 0.29) is 0 Å². The summed E-state index contributed by atoms with van der Waals surface area (Å²) in [5, 5.41) is 8.01. The first-order chi connectivity index (χ1) is 9.63. The largest absolute Gasteiger partial charge is 0.439 e. The summed E-state index contributed by atoms with van der Waals surface area (Å²) in [6, 6.07) is 8.74. The second-order valence-electron chi connectivity index (χ2n) is 5.21. The smallest absolute Gasteiger partial charge is 0.222 e. The zero-order valence-electron chi connectivity index (χ0n) is 11.7. The fraction of sp³-hybridized carbons (Fsp3) is 0.400. The van der Waals surface area contributed by atoms with E-state index in [0.717, 1.165) is 33.0 Å². The molecular formula is C15H18IN3O. The molecule has 0 spiro atoms. The third kappa shape index (κ3) is 3.15. The monoisotopic (exact) mass is 383 g/mol. The molecule has 3 rings (SSSR count). The Labute approximate surface area is 132 Å². The molecular weight excluding hydrogens is 365 g/mol. The van der Waals surface area contributed by atoms with E-state index in [1.54, 1.807) is 0 Å². The van der Waals surface area contributed by atoms with Crippen molar-refractivity contribution in [2.45, 2.75) is 32.4 Å². The first-order valence-corrected chi connectivity index (χ1v) is 7.90. The number of nitrogens with one attached hydrogen (secondary N) is 1. The molecule has 4 nitrogen and oxygen atoms in total. The van der Waals surface area contributed by atoms with Crippen LogP contribution in [0.3, 0.4) is 0 Å². The maximum atomic E-state index is 6.05. The highest BCUT2D eigenvalue weighted by molar-refractivity contribution is 14.1. The van der Waals surface area contributed by atoms with E-state index in [1.807, 2.05) is 36.9 Å². The number of ether oxygens (including phenoxy) is 1. The van der Waals surface area contributed by atoms with Gasteiger partial charge < -0.3 is 10.1 Å². The van der Waals surface area contributed by atoms with Gasteiger partial charge in [0.15, 0.2) is 0 Å². The number of nitrogens with zero attached hydrogens (tertiary/aromatic N) is 2. The van der Waals surface area contributed by atoms with Crippen molar-refractivity contribution in [2.24, 2.45) is 7.05 Å². The highest BCUT2D eigenvalue weighted by Gasteiger charge is 2.23. The van der Waals surface area contributed by atoms with Crippen LogP contribution >= 0.6 is 22.6 Å². The third-order valence-corrected chi connectivity index (χ3v) is 4.12. The van der Waals surface area contributed by atoms with Crippen molar-refractivity contribution in [3.8, 4) is 11.6 Å². The van der Waals surface area contributed by atoms with Gasteiger partial charge in [0.25, 0.3) is 0 Å². The van der Waals surface area contributed by atoms with Crippen molar-refractivity contribution in [1.29, 1.82) is 0 Å². The Morgan fingerprint density at radius 1 is 1.45 bits per heavy atom. The van der Waals surface area contributed by atoms with Gasteiger partial charge in [0.05, 0.1) is 11.3 Å². The lowest BCUT2D eigenvalue weighted by molar-refractivity contribution is 0.423. The summed E-state index contributed by atoms with van der Waals surface area (Å²) in [6.07, 6.45) is 2.57. The highest BCUT2D eigenvalue weighted by Crippen LogP contribution is 2.29. The van der Waals surface area contributed by atoms with Crippen LogP contribution in [-0.2, 0) is 13.6 Å². The van der Waals surface area contributed by atoms with Gasteiger partial charge in [0.2, 0.25) is 5.88 Å². The highest BCUT2D eigenvalue weighted by atomic mass is 127. The van der Waals surface area contributed by atoms with Crippen molar-refractivity contribution in [2.75, 3.05) is 0 Å². The molecule has 0 saturated heterocycles. The van der Waals surface area contributed by atoms with E-state index in [4.69, 9.17) is 4.74 Å². The van der Waals surface area contributed by atoms with Crippen LogP contribution in [0, 0.1) is 10.5 Å². The molecule has 0 bridgehead atoms. The topological polar surface area (TPSA) is 39.1 Å². The summed E-state index contributed by atoms with van der Waals surface area (Å²) in [7, 11) is 1.93. The fourth-order valence-electron chi connectivity index (χ4n) is 2.19. The van der Waals surface area contributed by atoms with E-state index in [9.17, 15) is 0 Å². The Kier molecular flexibility index (Phi) is 3.98. The summed E-state index contributed by atoms with van der Waals surface area (Å²) >= 11 is 2.29. The molecule has 1 saturated carbocycles.